The molecule has 1 fully saturated rings. The minimum atomic E-state index is -0.441. The first kappa shape index (κ1) is 18.5. The smallest absolute Gasteiger partial charge is 0.286 e. The molecule has 28 heavy (non-hydrogen) atoms. The SMILES string of the molecule is C[C@H]1CCCN(C2=NC(=O)/C(=C/c3ccc(-c4cccc([N+](=O)[O-])c4)o3)S2)C1. The van der Waals surface area contributed by atoms with Crippen LogP contribution in [0.4, 0.5) is 5.69 Å². The molecule has 0 radical (unpaired) electrons. The van der Waals surface area contributed by atoms with Gasteiger partial charge in [0.25, 0.3) is 11.6 Å². The predicted molar refractivity (Wildman–Crippen MR) is 109 cm³/mol. The van der Waals surface area contributed by atoms with Crippen LogP contribution in [0.15, 0.2) is 50.7 Å². The van der Waals surface area contributed by atoms with Crippen molar-refractivity contribution in [3.05, 3.63) is 57.2 Å². The maximum Gasteiger partial charge on any atom is 0.286 e. The van der Waals surface area contributed by atoms with Gasteiger partial charge in [0.1, 0.15) is 11.5 Å². The molecular formula is C20H19N3O4S. The van der Waals surface area contributed by atoms with Crippen molar-refractivity contribution in [2.75, 3.05) is 13.1 Å². The largest absolute Gasteiger partial charge is 0.457 e. The average Bonchev–Trinajstić information content (AvgIpc) is 3.29. The van der Waals surface area contributed by atoms with E-state index in [1.165, 1.54) is 30.3 Å². The second kappa shape index (κ2) is 7.63. The summed E-state index contributed by atoms with van der Waals surface area (Å²) in [5.41, 5.74) is 0.618. The highest BCUT2D eigenvalue weighted by Crippen LogP contribution is 2.33. The third-order valence-corrected chi connectivity index (χ3v) is 5.82. The van der Waals surface area contributed by atoms with Gasteiger partial charge in [0.15, 0.2) is 5.17 Å². The fourth-order valence-electron chi connectivity index (χ4n) is 3.38. The average molecular weight is 397 g/mol. The number of amidine groups is 1. The normalized spacial score (nSPS) is 21.2. The zero-order chi connectivity index (χ0) is 19.7. The molecule has 2 aliphatic heterocycles. The van der Waals surface area contributed by atoms with Gasteiger partial charge in [0, 0.05) is 36.9 Å². The summed E-state index contributed by atoms with van der Waals surface area (Å²) in [6.45, 7) is 4.06. The van der Waals surface area contributed by atoms with Crippen molar-refractivity contribution in [2.24, 2.45) is 10.9 Å². The lowest BCUT2D eigenvalue weighted by Crippen LogP contribution is -2.37. The van der Waals surface area contributed by atoms with E-state index in [0.717, 1.165) is 24.7 Å². The number of thioether (sulfide) groups is 1. The molecule has 0 spiro atoms. The lowest BCUT2D eigenvalue weighted by Gasteiger charge is -2.31. The first-order valence-electron chi connectivity index (χ1n) is 9.12. The van der Waals surface area contributed by atoms with E-state index in [2.05, 4.69) is 16.8 Å². The van der Waals surface area contributed by atoms with Crippen molar-refractivity contribution in [2.45, 2.75) is 19.8 Å². The van der Waals surface area contributed by atoms with Gasteiger partial charge in [-0.1, -0.05) is 19.1 Å². The maximum atomic E-state index is 12.3. The second-order valence-corrected chi connectivity index (χ2v) is 8.02. The highest BCUT2D eigenvalue weighted by Gasteiger charge is 2.28. The summed E-state index contributed by atoms with van der Waals surface area (Å²) in [5.74, 6) is 1.37. The minimum absolute atomic E-state index is 0.00383. The van der Waals surface area contributed by atoms with E-state index in [1.54, 1.807) is 30.3 Å². The van der Waals surface area contributed by atoms with Crippen molar-refractivity contribution >= 4 is 34.6 Å². The minimum Gasteiger partial charge on any atom is -0.457 e. The number of carbonyl (C=O) groups is 1. The zero-order valence-electron chi connectivity index (χ0n) is 15.3. The Morgan fingerprint density at radius 1 is 1.36 bits per heavy atom. The van der Waals surface area contributed by atoms with Gasteiger partial charge >= 0.3 is 0 Å². The number of nitrogens with zero attached hydrogens (tertiary/aromatic N) is 3. The Labute approximate surface area is 166 Å². The Morgan fingerprint density at radius 2 is 2.21 bits per heavy atom. The molecule has 0 aliphatic carbocycles. The molecule has 2 aromatic rings. The van der Waals surface area contributed by atoms with Gasteiger partial charge in [0.2, 0.25) is 0 Å². The highest BCUT2D eigenvalue weighted by atomic mass is 32.2. The van der Waals surface area contributed by atoms with E-state index < -0.39 is 4.92 Å². The van der Waals surface area contributed by atoms with Gasteiger partial charge in [-0.25, -0.2) is 0 Å². The molecule has 8 heteroatoms. The van der Waals surface area contributed by atoms with E-state index in [1.807, 2.05) is 0 Å². The number of piperidine rings is 1. The Balaban J connectivity index is 1.51. The highest BCUT2D eigenvalue weighted by molar-refractivity contribution is 8.18. The molecule has 2 aliphatic rings. The molecule has 7 nitrogen and oxygen atoms in total. The number of aliphatic imine (C=N–C) groups is 1. The summed E-state index contributed by atoms with van der Waals surface area (Å²) < 4.78 is 5.78. The van der Waals surface area contributed by atoms with Crippen LogP contribution in [0.3, 0.4) is 0 Å². The number of hydrogen-bond donors (Lipinski definition) is 0. The molecule has 1 aromatic heterocycles. The van der Waals surface area contributed by atoms with E-state index in [9.17, 15) is 14.9 Å². The number of carbonyl (C=O) groups excluding carboxylic acids is 1. The van der Waals surface area contributed by atoms with E-state index >= 15 is 0 Å². The van der Waals surface area contributed by atoms with Gasteiger partial charge in [-0.2, -0.15) is 4.99 Å². The lowest BCUT2D eigenvalue weighted by molar-refractivity contribution is -0.384. The van der Waals surface area contributed by atoms with Crippen LogP contribution in [0.25, 0.3) is 17.4 Å². The number of furan rings is 1. The molecule has 3 heterocycles. The quantitative estimate of drug-likeness (QED) is 0.429. The number of benzene rings is 1. The molecule has 4 rings (SSSR count). The second-order valence-electron chi connectivity index (χ2n) is 7.01. The van der Waals surface area contributed by atoms with Crippen LogP contribution < -0.4 is 0 Å². The molecule has 1 saturated heterocycles. The molecular weight excluding hydrogens is 378 g/mol. The summed E-state index contributed by atoms with van der Waals surface area (Å²) in [6.07, 6.45) is 3.99. The van der Waals surface area contributed by atoms with Crippen molar-refractivity contribution < 1.29 is 14.1 Å². The Morgan fingerprint density at radius 3 is 3.00 bits per heavy atom. The van der Waals surface area contributed by atoms with Gasteiger partial charge in [-0.05, 0) is 42.7 Å². The molecule has 1 atom stereocenters. The third-order valence-electron chi connectivity index (χ3n) is 4.78. The number of nitro groups is 1. The van der Waals surface area contributed by atoms with Gasteiger partial charge in [-0.3, -0.25) is 14.9 Å². The van der Waals surface area contributed by atoms with Gasteiger partial charge < -0.3 is 9.32 Å². The molecule has 1 amide bonds. The van der Waals surface area contributed by atoms with E-state index in [0.29, 0.717) is 27.9 Å². The van der Waals surface area contributed by atoms with E-state index in [-0.39, 0.29) is 11.6 Å². The first-order valence-corrected chi connectivity index (χ1v) is 9.93. The predicted octanol–water partition coefficient (Wildman–Crippen LogP) is 4.56. The number of likely N-dealkylation sites (tertiary alicyclic amines) is 1. The molecule has 144 valence electrons. The van der Waals surface area contributed by atoms with Gasteiger partial charge in [-0.15, -0.1) is 0 Å². The van der Waals surface area contributed by atoms with Crippen molar-refractivity contribution in [1.82, 2.24) is 4.90 Å². The van der Waals surface area contributed by atoms with E-state index in [4.69, 9.17) is 4.42 Å². The lowest BCUT2D eigenvalue weighted by atomic mass is 10.0. The van der Waals surface area contributed by atoms with Crippen LogP contribution in [-0.4, -0.2) is 34.0 Å². The van der Waals surface area contributed by atoms with Crippen LogP contribution in [0.5, 0.6) is 0 Å². The van der Waals surface area contributed by atoms with Crippen LogP contribution >= 0.6 is 11.8 Å². The van der Waals surface area contributed by atoms with Crippen LogP contribution in [0.2, 0.25) is 0 Å². The summed E-state index contributed by atoms with van der Waals surface area (Å²) >= 11 is 1.37. The molecule has 0 unspecified atom stereocenters. The molecule has 0 N–H and O–H groups in total. The van der Waals surface area contributed by atoms with Crippen molar-refractivity contribution in [1.29, 1.82) is 0 Å². The molecule has 0 bridgehead atoms. The molecule has 1 aromatic carbocycles. The standard InChI is InChI=1S/C20H19N3O4S/c1-13-4-3-9-22(12-13)20-21-19(24)18(28-20)11-16-7-8-17(27-16)14-5-2-6-15(10-14)23(25)26/h2,5-8,10-11,13H,3-4,9,12H2,1H3/b18-11-/t13-/m0/s1. The Hall–Kier alpha value is -2.87. The number of rotatable bonds is 3. The Kier molecular flexibility index (Phi) is 5.04. The fourth-order valence-corrected chi connectivity index (χ4v) is 4.31. The Bertz CT molecular complexity index is 995. The van der Waals surface area contributed by atoms with Crippen molar-refractivity contribution in [3.63, 3.8) is 0 Å². The van der Waals surface area contributed by atoms with Crippen molar-refractivity contribution in [3.8, 4) is 11.3 Å². The first-order chi connectivity index (χ1) is 13.5. The topological polar surface area (TPSA) is 89.0 Å². The third kappa shape index (κ3) is 3.87. The van der Waals surface area contributed by atoms with Crippen LogP contribution in [0, 0.1) is 16.0 Å². The molecule has 0 saturated carbocycles. The fraction of sp³-hybridized carbons (Fsp3) is 0.300. The summed E-state index contributed by atoms with van der Waals surface area (Å²) in [7, 11) is 0. The number of amides is 1. The number of non-ortho nitro benzene ring substituents is 1. The summed E-state index contributed by atoms with van der Waals surface area (Å²) in [4.78, 5) is 29.7. The number of nitro benzene ring substituents is 1. The number of hydrogen-bond acceptors (Lipinski definition) is 6. The summed E-state index contributed by atoms with van der Waals surface area (Å²) in [5, 5.41) is 11.7. The zero-order valence-corrected chi connectivity index (χ0v) is 16.1. The van der Waals surface area contributed by atoms with Crippen LogP contribution in [0.1, 0.15) is 25.5 Å². The van der Waals surface area contributed by atoms with Gasteiger partial charge in [0.05, 0.1) is 9.83 Å². The monoisotopic (exact) mass is 397 g/mol. The maximum absolute atomic E-state index is 12.3. The summed E-state index contributed by atoms with van der Waals surface area (Å²) in [6, 6.07) is 9.74. The van der Waals surface area contributed by atoms with Crippen LogP contribution in [-0.2, 0) is 4.79 Å².